The number of hydrogen-bond donors (Lipinski definition) is 1. The van der Waals surface area contributed by atoms with Crippen molar-refractivity contribution in [3.63, 3.8) is 0 Å². The molecule has 3 aromatic carbocycles. The molecule has 0 aliphatic carbocycles. The number of hydrogen-bond acceptors (Lipinski definition) is 4. The van der Waals surface area contributed by atoms with Crippen LogP contribution in [0.15, 0.2) is 54.6 Å². The molecule has 0 saturated carbocycles. The summed E-state index contributed by atoms with van der Waals surface area (Å²) in [4.78, 5) is 2.40. The van der Waals surface area contributed by atoms with E-state index >= 15 is 0 Å². The van der Waals surface area contributed by atoms with Gasteiger partial charge in [0.15, 0.2) is 11.5 Å². The van der Waals surface area contributed by atoms with Gasteiger partial charge in [0.1, 0.15) is 19.2 Å². The Kier molecular flexibility index (Phi) is 6.07. The van der Waals surface area contributed by atoms with Crippen LogP contribution in [-0.4, -0.2) is 28.2 Å². The zero-order chi connectivity index (χ0) is 26.6. The van der Waals surface area contributed by atoms with Gasteiger partial charge in [0.2, 0.25) is 0 Å². The summed E-state index contributed by atoms with van der Waals surface area (Å²) >= 11 is 0. The average Bonchev–Trinajstić information content (AvgIpc) is 3.22. The van der Waals surface area contributed by atoms with Crippen molar-refractivity contribution in [3.05, 3.63) is 93.9 Å². The molecule has 6 rings (SSSR count). The van der Waals surface area contributed by atoms with Crippen LogP contribution in [0.3, 0.4) is 0 Å². The molecular formula is C29H26F4N2O3. The number of nitrogens with zero attached hydrogens (tertiary/aromatic N) is 2. The molecule has 0 saturated heterocycles. The first-order valence-corrected chi connectivity index (χ1v) is 12.4. The van der Waals surface area contributed by atoms with Crippen LogP contribution in [-0.2, 0) is 38.9 Å². The van der Waals surface area contributed by atoms with E-state index in [1.54, 1.807) is 0 Å². The van der Waals surface area contributed by atoms with Gasteiger partial charge in [-0.15, -0.1) is 0 Å². The Morgan fingerprint density at radius 2 is 1.87 bits per heavy atom. The molecule has 38 heavy (non-hydrogen) atoms. The highest BCUT2D eigenvalue weighted by Crippen LogP contribution is 2.44. The highest BCUT2D eigenvalue weighted by atomic mass is 19.4. The molecule has 0 radical (unpaired) electrons. The Bertz CT molecular complexity index is 1530. The number of rotatable bonds is 5. The molecule has 198 valence electrons. The predicted molar refractivity (Wildman–Crippen MR) is 133 cm³/mol. The van der Waals surface area contributed by atoms with Gasteiger partial charge in [-0.25, -0.2) is 4.39 Å². The zero-order valence-corrected chi connectivity index (χ0v) is 20.7. The molecule has 0 spiro atoms. The molecule has 1 aromatic heterocycles. The lowest BCUT2D eigenvalue weighted by molar-refractivity contribution is -0.140. The third-order valence-corrected chi connectivity index (χ3v) is 7.71. The third-order valence-electron chi connectivity index (χ3n) is 7.71. The van der Waals surface area contributed by atoms with Gasteiger partial charge in [-0.3, -0.25) is 4.90 Å². The van der Waals surface area contributed by atoms with Crippen molar-refractivity contribution < 1.29 is 32.1 Å². The minimum absolute atomic E-state index is 0.0787. The van der Waals surface area contributed by atoms with Crippen molar-refractivity contribution in [3.8, 4) is 11.5 Å². The Labute approximate surface area is 216 Å². The standard InChI is InChI=1S/C29H26F4N2O3/c1-37-27-11-18-8-9-34-14-26-21(19-4-2-3-5-24(19)35(26)16-36)12-25(34)20(18)13-28(27)38-15-17-6-7-22(23(30)10-17)29(31,32)33/h2-7,10-11,13,25,36H,8-9,12,14-16H2,1H3. The van der Waals surface area contributed by atoms with E-state index in [0.29, 0.717) is 18.0 Å². The minimum Gasteiger partial charge on any atom is -0.493 e. The van der Waals surface area contributed by atoms with E-state index in [4.69, 9.17) is 9.47 Å². The molecule has 1 N–H and O–H groups in total. The summed E-state index contributed by atoms with van der Waals surface area (Å²) in [5.74, 6) is -0.346. The fraction of sp³-hybridized carbons (Fsp3) is 0.310. The maximum atomic E-state index is 14.1. The van der Waals surface area contributed by atoms with E-state index < -0.39 is 17.6 Å². The predicted octanol–water partition coefficient (Wildman–Crippen LogP) is 5.99. The second-order valence-corrected chi connectivity index (χ2v) is 9.75. The Balaban J connectivity index is 1.32. The van der Waals surface area contributed by atoms with Gasteiger partial charge in [0, 0.05) is 30.2 Å². The number of para-hydroxylation sites is 1. The lowest BCUT2D eigenvalue weighted by Crippen LogP contribution is -2.39. The summed E-state index contributed by atoms with van der Waals surface area (Å²) in [5.41, 5.74) is 4.62. The maximum Gasteiger partial charge on any atom is 0.419 e. The number of fused-ring (bicyclic) bond motifs is 6. The maximum absolute atomic E-state index is 14.1. The summed E-state index contributed by atoms with van der Waals surface area (Å²) in [7, 11) is 1.54. The molecule has 2 aliphatic rings. The van der Waals surface area contributed by atoms with E-state index in [-0.39, 0.29) is 24.9 Å². The van der Waals surface area contributed by atoms with E-state index in [9.17, 15) is 22.7 Å². The first-order valence-electron chi connectivity index (χ1n) is 12.4. The lowest BCUT2D eigenvalue weighted by Gasteiger charge is -2.41. The molecule has 2 aliphatic heterocycles. The smallest absolute Gasteiger partial charge is 0.419 e. The summed E-state index contributed by atoms with van der Waals surface area (Å²) in [6.45, 7) is 1.39. The molecule has 0 bridgehead atoms. The summed E-state index contributed by atoms with van der Waals surface area (Å²) in [6, 6.07) is 14.9. The average molecular weight is 527 g/mol. The van der Waals surface area contributed by atoms with Crippen molar-refractivity contribution in [1.29, 1.82) is 0 Å². The van der Waals surface area contributed by atoms with Gasteiger partial charge >= 0.3 is 6.18 Å². The number of methoxy groups -OCH3 is 1. The van der Waals surface area contributed by atoms with Gasteiger partial charge < -0.3 is 19.1 Å². The van der Waals surface area contributed by atoms with Crippen LogP contribution >= 0.6 is 0 Å². The number of halogens is 4. The fourth-order valence-electron chi connectivity index (χ4n) is 5.88. The number of aliphatic hydroxyl groups is 1. The molecule has 0 amide bonds. The van der Waals surface area contributed by atoms with Gasteiger partial charge in [0.05, 0.1) is 18.2 Å². The van der Waals surface area contributed by atoms with Crippen LogP contribution < -0.4 is 9.47 Å². The number of aliphatic hydroxyl groups excluding tert-OH is 1. The van der Waals surface area contributed by atoms with Crippen molar-refractivity contribution >= 4 is 10.9 Å². The third kappa shape index (κ3) is 4.10. The normalized spacial score (nSPS) is 17.2. The van der Waals surface area contributed by atoms with Crippen LogP contribution in [0.25, 0.3) is 10.9 Å². The van der Waals surface area contributed by atoms with Crippen LogP contribution in [0.2, 0.25) is 0 Å². The lowest BCUT2D eigenvalue weighted by atomic mass is 9.85. The molecule has 4 aromatic rings. The largest absolute Gasteiger partial charge is 0.493 e. The van der Waals surface area contributed by atoms with Gasteiger partial charge in [-0.05, 0) is 65.4 Å². The number of alkyl halides is 3. The summed E-state index contributed by atoms with van der Waals surface area (Å²) in [5, 5.41) is 11.2. The highest BCUT2D eigenvalue weighted by molar-refractivity contribution is 5.86. The van der Waals surface area contributed by atoms with Crippen LogP contribution in [0.1, 0.15) is 39.6 Å². The summed E-state index contributed by atoms with van der Waals surface area (Å²) < 4.78 is 66.3. The molecule has 3 heterocycles. The fourth-order valence-corrected chi connectivity index (χ4v) is 5.88. The molecule has 5 nitrogen and oxygen atoms in total. The molecule has 9 heteroatoms. The second kappa shape index (κ2) is 9.32. The Morgan fingerprint density at radius 3 is 2.61 bits per heavy atom. The van der Waals surface area contributed by atoms with Crippen LogP contribution in [0, 0.1) is 5.82 Å². The van der Waals surface area contributed by atoms with Crippen molar-refractivity contribution in [2.24, 2.45) is 0 Å². The summed E-state index contributed by atoms with van der Waals surface area (Å²) in [6.07, 6.45) is -3.16. The van der Waals surface area contributed by atoms with E-state index in [2.05, 4.69) is 11.0 Å². The first kappa shape index (κ1) is 24.8. The number of ether oxygens (including phenoxy) is 2. The minimum atomic E-state index is -4.75. The van der Waals surface area contributed by atoms with Crippen LogP contribution in [0.4, 0.5) is 17.6 Å². The van der Waals surface area contributed by atoms with Gasteiger partial charge in [-0.2, -0.15) is 13.2 Å². The molecule has 1 unspecified atom stereocenters. The molecular weight excluding hydrogens is 500 g/mol. The zero-order valence-electron chi connectivity index (χ0n) is 20.7. The highest BCUT2D eigenvalue weighted by Gasteiger charge is 2.36. The monoisotopic (exact) mass is 526 g/mol. The van der Waals surface area contributed by atoms with Crippen molar-refractivity contribution in [2.45, 2.75) is 44.9 Å². The van der Waals surface area contributed by atoms with Crippen molar-refractivity contribution in [2.75, 3.05) is 13.7 Å². The first-order chi connectivity index (χ1) is 18.3. The quantitative estimate of drug-likeness (QED) is 0.325. The van der Waals surface area contributed by atoms with Gasteiger partial charge in [-0.1, -0.05) is 24.3 Å². The molecule has 0 fully saturated rings. The Hall–Kier alpha value is -3.56. The number of aromatic nitrogens is 1. The SMILES string of the molecule is COc1cc2c(cc1OCc1ccc(C(F)(F)F)c(F)c1)C1Cc3c(n(CO)c4ccccc34)CN1CC2. The van der Waals surface area contributed by atoms with Gasteiger partial charge in [0.25, 0.3) is 0 Å². The topological polar surface area (TPSA) is 46.9 Å². The van der Waals surface area contributed by atoms with Crippen molar-refractivity contribution in [1.82, 2.24) is 9.47 Å². The Morgan fingerprint density at radius 1 is 1.05 bits per heavy atom. The van der Waals surface area contributed by atoms with Crippen LogP contribution in [0.5, 0.6) is 11.5 Å². The molecule has 1 atom stereocenters. The van der Waals surface area contributed by atoms with E-state index in [1.807, 2.05) is 34.9 Å². The number of benzene rings is 3. The van der Waals surface area contributed by atoms with E-state index in [1.165, 1.54) is 18.7 Å². The van der Waals surface area contributed by atoms with E-state index in [0.717, 1.165) is 59.2 Å². The second-order valence-electron chi connectivity index (χ2n) is 9.75.